The largest absolute Gasteiger partial charge is 0.481 e. The van der Waals surface area contributed by atoms with Gasteiger partial charge < -0.3 is 15.0 Å². The number of carbonyl (C=O) groups excluding carboxylic acids is 2. The molecule has 0 saturated carbocycles. The van der Waals surface area contributed by atoms with E-state index in [1.165, 1.54) is 5.56 Å². The zero-order valence-electron chi connectivity index (χ0n) is 24.7. The molecule has 1 aromatic heterocycles. The summed E-state index contributed by atoms with van der Waals surface area (Å²) in [6.07, 6.45) is 2.02. The van der Waals surface area contributed by atoms with Crippen LogP contribution in [0.25, 0.3) is 10.9 Å². The van der Waals surface area contributed by atoms with E-state index in [4.69, 9.17) is 16.7 Å². The van der Waals surface area contributed by atoms with Crippen molar-refractivity contribution >= 4 is 40.2 Å². The van der Waals surface area contributed by atoms with E-state index in [1.54, 1.807) is 12.1 Å². The average molecular weight is 587 g/mol. The lowest BCUT2D eigenvalue weighted by Crippen LogP contribution is -2.26. The lowest BCUT2D eigenvalue weighted by Gasteiger charge is -2.20. The number of carboxylic acid groups (broad SMARTS) is 1. The Labute approximate surface area is 252 Å². The molecule has 0 fully saturated rings. The van der Waals surface area contributed by atoms with Crippen LogP contribution in [0.1, 0.15) is 84.5 Å². The maximum atomic E-state index is 14.2. The Morgan fingerprint density at radius 1 is 0.929 bits per heavy atom. The second-order valence-electron chi connectivity index (χ2n) is 11.9. The monoisotopic (exact) mass is 586 g/mol. The molecule has 42 heavy (non-hydrogen) atoms. The Morgan fingerprint density at radius 3 is 2.21 bits per heavy atom. The number of carboxylic acids is 1. The molecular formula is C35H39ClN2O4. The van der Waals surface area contributed by atoms with Crippen molar-refractivity contribution in [1.82, 2.24) is 9.88 Å². The van der Waals surface area contributed by atoms with E-state index >= 15 is 0 Å². The first-order chi connectivity index (χ1) is 20.0. The van der Waals surface area contributed by atoms with Gasteiger partial charge in [0.05, 0.1) is 12.1 Å². The highest BCUT2D eigenvalue weighted by atomic mass is 35.5. The fourth-order valence-electron chi connectivity index (χ4n) is 5.25. The highest BCUT2D eigenvalue weighted by Crippen LogP contribution is 2.29. The molecule has 3 aromatic carbocycles. The minimum Gasteiger partial charge on any atom is -0.481 e. The Hall–Kier alpha value is -3.90. The van der Waals surface area contributed by atoms with Crippen LogP contribution in [0.3, 0.4) is 0 Å². The molecule has 0 spiro atoms. The first-order valence-corrected chi connectivity index (χ1v) is 14.9. The third-order valence-corrected chi connectivity index (χ3v) is 7.84. The van der Waals surface area contributed by atoms with E-state index in [9.17, 15) is 14.4 Å². The molecule has 0 unspecified atom stereocenters. The van der Waals surface area contributed by atoms with Gasteiger partial charge in [0.25, 0.3) is 5.91 Å². The highest BCUT2D eigenvalue weighted by molar-refractivity contribution is 6.31. The third-order valence-electron chi connectivity index (χ3n) is 7.61. The van der Waals surface area contributed by atoms with Gasteiger partial charge in [-0.2, -0.15) is 0 Å². The van der Waals surface area contributed by atoms with Gasteiger partial charge in [-0.3, -0.25) is 14.4 Å². The van der Waals surface area contributed by atoms with Crippen LogP contribution in [0.5, 0.6) is 0 Å². The van der Waals surface area contributed by atoms with Gasteiger partial charge in [-0.05, 0) is 71.3 Å². The predicted molar refractivity (Wildman–Crippen MR) is 169 cm³/mol. The fraction of sp³-hybridized carbons (Fsp3) is 0.343. The number of nitrogens with zero attached hydrogens (tertiary/aromatic N) is 1. The molecule has 7 heteroatoms. The number of halogens is 1. The zero-order chi connectivity index (χ0) is 30.4. The summed E-state index contributed by atoms with van der Waals surface area (Å²) in [4.78, 5) is 37.2. The van der Waals surface area contributed by atoms with Crippen LogP contribution in [0.2, 0.25) is 5.02 Å². The average Bonchev–Trinajstić information content (AvgIpc) is 3.29. The molecule has 0 aliphatic carbocycles. The molecule has 0 aliphatic rings. The van der Waals surface area contributed by atoms with E-state index < -0.39 is 5.97 Å². The van der Waals surface area contributed by atoms with Gasteiger partial charge in [0.2, 0.25) is 0 Å². The Balaban J connectivity index is 1.59. The number of hydrogen-bond donors (Lipinski definition) is 2. The molecule has 1 heterocycles. The standard InChI is InChI=1S/C35H39ClN2O4/c1-5-6-26(19-23-7-11-25(12-8-23)34(42)37-18-17-32(39)40)33(41)31-21-27-20-29(36)15-16-30(27)38(31)22-24-9-13-28(14-10-24)35(2,3)4/h7-16,20-21,26H,5-6,17-19,22H2,1-4H3,(H,37,42)(H,39,40)/t26-/m0/s1. The van der Waals surface area contributed by atoms with Crippen molar-refractivity contribution in [2.75, 3.05) is 6.54 Å². The predicted octanol–water partition coefficient (Wildman–Crippen LogP) is 7.69. The summed E-state index contributed by atoms with van der Waals surface area (Å²) in [5.74, 6) is -1.42. The van der Waals surface area contributed by atoms with E-state index in [0.29, 0.717) is 29.2 Å². The van der Waals surface area contributed by atoms with E-state index in [-0.39, 0.29) is 36.0 Å². The summed E-state index contributed by atoms with van der Waals surface area (Å²) in [5, 5.41) is 13.0. The fourth-order valence-corrected chi connectivity index (χ4v) is 5.43. The molecule has 220 valence electrons. The Morgan fingerprint density at radius 2 is 1.60 bits per heavy atom. The molecule has 0 radical (unpaired) electrons. The second-order valence-corrected chi connectivity index (χ2v) is 12.4. The molecule has 0 saturated heterocycles. The number of aliphatic carboxylic acids is 1. The van der Waals surface area contributed by atoms with Crippen molar-refractivity contribution in [2.24, 2.45) is 5.92 Å². The van der Waals surface area contributed by atoms with Gasteiger partial charge in [0.1, 0.15) is 0 Å². The van der Waals surface area contributed by atoms with Gasteiger partial charge in [-0.15, -0.1) is 0 Å². The molecular weight excluding hydrogens is 548 g/mol. The number of rotatable bonds is 12. The Kier molecular flexibility index (Phi) is 9.89. The van der Waals surface area contributed by atoms with Crippen molar-refractivity contribution in [3.05, 3.63) is 106 Å². The summed E-state index contributed by atoms with van der Waals surface area (Å²) < 4.78 is 2.10. The number of Topliss-reactive ketones (excluding diaryl/α,β-unsaturated/α-hetero) is 1. The molecule has 1 atom stereocenters. The van der Waals surface area contributed by atoms with Crippen LogP contribution in [-0.2, 0) is 23.2 Å². The number of nitrogens with one attached hydrogen (secondary N) is 1. The summed E-state index contributed by atoms with van der Waals surface area (Å²) in [5.41, 5.74) is 5.50. The number of hydrogen-bond acceptors (Lipinski definition) is 3. The van der Waals surface area contributed by atoms with Crippen LogP contribution in [0.4, 0.5) is 0 Å². The van der Waals surface area contributed by atoms with Crippen molar-refractivity contribution in [3.8, 4) is 0 Å². The summed E-state index contributed by atoms with van der Waals surface area (Å²) in [7, 11) is 0. The van der Waals surface area contributed by atoms with E-state index in [1.807, 2.05) is 36.4 Å². The molecule has 1 amide bonds. The van der Waals surface area contributed by atoms with Crippen molar-refractivity contribution in [3.63, 3.8) is 0 Å². The van der Waals surface area contributed by atoms with Crippen LogP contribution in [0, 0.1) is 5.92 Å². The van der Waals surface area contributed by atoms with Gasteiger partial charge in [-0.25, -0.2) is 0 Å². The molecule has 6 nitrogen and oxygen atoms in total. The molecule has 0 aliphatic heterocycles. The first kappa shape index (κ1) is 31.0. The molecule has 4 aromatic rings. The smallest absolute Gasteiger partial charge is 0.305 e. The summed E-state index contributed by atoms with van der Waals surface area (Å²) in [6, 6.07) is 23.5. The minimum absolute atomic E-state index is 0.0618. The molecule has 4 rings (SSSR count). The van der Waals surface area contributed by atoms with Crippen LogP contribution >= 0.6 is 11.6 Å². The lowest BCUT2D eigenvalue weighted by atomic mass is 9.86. The third kappa shape index (κ3) is 7.68. The quantitative estimate of drug-likeness (QED) is 0.167. The normalized spacial score (nSPS) is 12.3. The topological polar surface area (TPSA) is 88.4 Å². The lowest BCUT2D eigenvalue weighted by molar-refractivity contribution is -0.136. The second kappa shape index (κ2) is 13.4. The van der Waals surface area contributed by atoms with Crippen molar-refractivity contribution in [2.45, 2.75) is 65.3 Å². The number of carbonyl (C=O) groups is 3. The number of ketones is 1. The first-order valence-electron chi connectivity index (χ1n) is 14.5. The molecule has 2 N–H and O–H groups in total. The van der Waals surface area contributed by atoms with Gasteiger partial charge in [0, 0.05) is 40.5 Å². The Bertz CT molecular complexity index is 1560. The number of amides is 1. The van der Waals surface area contributed by atoms with Crippen LogP contribution in [0.15, 0.2) is 72.8 Å². The number of benzene rings is 3. The maximum Gasteiger partial charge on any atom is 0.305 e. The SMILES string of the molecule is CCC[C@@H](Cc1ccc(C(=O)NCCC(=O)O)cc1)C(=O)c1cc2cc(Cl)ccc2n1Cc1ccc(C(C)(C)C)cc1. The van der Waals surface area contributed by atoms with Crippen LogP contribution < -0.4 is 5.32 Å². The van der Waals surface area contributed by atoms with Gasteiger partial charge in [-0.1, -0.05) is 82.1 Å². The zero-order valence-corrected chi connectivity index (χ0v) is 25.5. The van der Waals surface area contributed by atoms with Crippen LogP contribution in [-0.4, -0.2) is 33.9 Å². The van der Waals surface area contributed by atoms with Crippen molar-refractivity contribution < 1.29 is 19.5 Å². The summed E-state index contributed by atoms with van der Waals surface area (Å²) in [6.45, 7) is 9.31. The van der Waals surface area contributed by atoms with Crippen molar-refractivity contribution in [1.29, 1.82) is 0 Å². The molecule has 0 bridgehead atoms. The van der Waals surface area contributed by atoms with Gasteiger partial charge >= 0.3 is 5.97 Å². The van der Waals surface area contributed by atoms with E-state index in [0.717, 1.165) is 34.9 Å². The van der Waals surface area contributed by atoms with E-state index in [2.05, 4.69) is 61.8 Å². The van der Waals surface area contributed by atoms with Gasteiger partial charge in [0.15, 0.2) is 5.78 Å². The number of fused-ring (bicyclic) bond motifs is 1. The summed E-state index contributed by atoms with van der Waals surface area (Å²) >= 11 is 6.33. The highest BCUT2D eigenvalue weighted by Gasteiger charge is 2.25. The number of aromatic nitrogens is 1. The maximum absolute atomic E-state index is 14.2. The minimum atomic E-state index is -0.960.